The molecular formula is C19H19NO3. The van der Waals surface area contributed by atoms with Crippen LogP contribution in [0.25, 0.3) is 10.9 Å². The van der Waals surface area contributed by atoms with Gasteiger partial charge in [-0.15, -0.1) is 0 Å². The van der Waals surface area contributed by atoms with Crippen LogP contribution in [0.1, 0.15) is 17.7 Å². The summed E-state index contributed by atoms with van der Waals surface area (Å²) in [6.07, 6.45) is 0.689. The number of para-hydroxylation sites is 1. The molecule has 0 bridgehead atoms. The van der Waals surface area contributed by atoms with Crippen molar-refractivity contribution in [1.82, 2.24) is 4.57 Å². The molecule has 0 radical (unpaired) electrons. The Labute approximate surface area is 134 Å². The highest BCUT2D eigenvalue weighted by Gasteiger charge is 2.06. The number of fused-ring (bicyclic) bond motifs is 1. The number of nitrogens with zero attached hydrogens (tertiary/aromatic N) is 1. The van der Waals surface area contributed by atoms with Crippen LogP contribution in [0, 0.1) is 0 Å². The van der Waals surface area contributed by atoms with Gasteiger partial charge >= 0.3 is 5.97 Å². The van der Waals surface area contributed by atoms with Gasteiger partial charge in [0.25, 0.3) is 0 Å². The van der Waals surface area contributed by atoms with E-state index in [0.717, 1.165) is 17.0 Å². The lowest BCUT2D eigenvalue weighted by Gasteiger charge is -2.08. The predicted molar refractivity (Wildman–Crippen MR) is 89.6 cm³/mol. The molecule has 0 amide bonds. The highest BCUT2D eigenvalue weighted by atomic mass is 16.5. The third-order valence-corrected chi connectivity index (χ3v) is 3.99. The van der Waals surface area contributed by atoms with Crippen LogP contribution < -0.4 is 4.74 Å². The number of rotatable bonds is 6. The molecule has 0 fully saturated rings. The van der Waals surface area contributed by atoms with E-state index in [1.54, 1.807) is 0 Å². The molecule has 0 aliphatic heterocycles. The number of aryl methyl sites for hydroxylation is 2. The van der Waals surface area contributed by atoms with Gasteiger partial charge in [-0.05, 0) is 41.6 Å². The Kier molecular flexibility index (Phi) is 4.33. The number of hydrogen-bond donors (Lipinski definition) is 1. The van der Waals surface area contributed by atoms with E-state index in [1.165, 1.54) is 10.9 Å². The Morgan fingerprint density at radius 1 is 1.13 bits per heavy atom. The molecule has 4 heteroatoms. The summed E-state index contributed by atoms with van der Waals surface area (Å²) in [5.41, 5.74) is 3.31. The molecule has 0 aliphatic rings. The number of benzene rings is 2. The Bertz CT molecular complexity index is 818. The van der Waals surface area contributed by atoms with Crippen LogP contribution in [0.5, 0.6) is 5.75 Å². The lowest BCUT2D eigenvalue weighted by molar-refractivity contribution is -0.136. The first-order valence-electron chi connectivity index (χ1n) is 7.60. The third kappa shape index (κ3) is 3.54. The lowest BCUT2D eigenvalue weighted by Crippen LogP contribution is -2.02. The van der Waals surface area contributed by atoms with Crippen LogP contribution >= 0.6 is 0 Å². The molecule has 118 valence electrons. The van der Waals surface area contributed by atoms with E-state index in [2.05, 4.69) is 22.8 Å². The Morgan fingerprint density at radius 3 is 2.57 bits per heavy atom. The number of hydrogen-bond acceptors (Lipinski definition) is 2. The molecule has 0 saturated heterocycles. The maximum Gasteiger partial charge on any atom is 0.303 e. The van der Waals surface area contributed by atoms with Crippen LogP contribution in [0.2, 0.25) is 0 Å². The van der Waals surface area contributed by atoms with Gasteiger partial charge in [-0.3, -0.25) is 4.79 Å². The van der Waals surface area contributed by atoms with Gasteiger partial charge in [0, 0.05) is 19.0 Å². The van der Waals surface area contributed by atoms with Crippen LogP contribution in [-0.4, -0.2) is 15.6 Å². The van der Waals surface area contributed by atoms with Crippen molar-refractivity contribution in [3.63, 3.8) is 0 Å². The predicted octanol–water partition coefficient (Wildman–Crippen LogP) is 3.77. The average molecular weight is 309 g/mol. The van der Waals surface area contributed by atoms with Gasteiger partial charge in [0.15, 0.2) is 0 Å². The molecular weight excluding hydrogens is 290 g/mol. The van der Waals surface area contributed by atoms with E-state index < -0.39 is 5.97 Å². The molecule has 0 saturated carbocycles. The summed E-state index contributed by atoms with van der Waals surface area (Å²) in [7, 11) is 2.04. The van der Waals surface area contributed by atoms with E-state index in [1.807, 2.05) is 43.4 Å². The molecule has 0 atom stereocenters. The summed E-state index contributed by atoms with van der Waals surface area (Å²) in [6.45, 7) is 0.500. The first-order valence-corrected chi connectivity index (χ1v) is 7.60. The van der Waals surface area contributed by atoms with E-state index >= 15 is 0 Å². The fraction of sp³-hybridized carbons (Fsp3) is 0.211. The van der Waals surface area contributed by atoms with Gasteiger partial charge in [-0.25, -0.2) is 0 Å². The molecule has 1 aromatic heterocycles. The maximum atomic E-state index is 10.6. The third-order valence-electron chi connectivity index (χ3n) is 3.99. The number of carboxylic acids is 1. The highest BCUT2D eigenvalue weighted by Crippen LogP contribution is 2.20. The van der Waals surface area contributed by atoms with E-state index in [0.29, 0.717) is 13.0 Å². The molecule has 0 unspecified atom stereocenters. The molecule has 2 aromatic carbocycles. The SMILES string of the molecule is Cn1c(COc2ccc(CCC(=O)O)cc2)cc2ccccc21. The Balaban J connectivity index is 1.65. The van der Waals surface area contributed by atoms with Crippen LogP contribution in [0.4, 0.5) is 0 Å². The van der Waals surface area contributed by atoms with Gasteiger partial charge < -0.3 is 14.4 Å². The largest absolute Gasteiger partial charge is 0.487 e. The van der Waals surface area contributed by atoms with Crippen molar-refractivity contribution in [1.29, 1.82) is 0 Å². The fourth-order valence-electron chi connectivity index (χ4n) is 2.65. The zero-order valence-corrected chi connectivity index (χ0v) is 13.0. The average Bonchev–Trinajstić information content (AvgIpc) is 2.88. The van der Waals surface area contributed by atoms with E-state index in [-0.39, 0.29) is 6.42 Å². The minimum atomic E-state index is -0.777. The first-order chi connectivity index (χ1) is 11.1. The van der Waals surface area contributed by atoms with Gasteiger partial charge in [-0.2, -0.15) is 0 Å². The molecule has 3 rings (SSSR count). The van der Waals surface area contributed by atoms with Crippen molar-refractivity contribution < 1.29 is 14.6 Å². The quantitative estimate of drug-likeness (QED) is 0.754. The summed E-state index contributed by atoms with van der Waals surface area (Å²) in [4.78, 5) is 10.6. The summed E-state index contributed by atoms with van der Waals surface area (Å²) >= 11 is 0. The number of carbonyl (C=O) groups is 1. The molecule has 1 heterocycles. The molecule has 1 N–H and O–H groups in total. The number of carboxylic acid groups (broad SMARTS) is 1. The minimum absolute atomic E-state index is 0.149. The normalized spacial score (nSPS) is 10.8. The van der Waals surface area contributed by atoms with Crippen molar-refractivity contribution in [2.24, 2.45) is 7.05 Å². The molecule has 0 aliphatic carbocycles. The summed E-state index contributed by atoms with van der Waals surface area (Å²) < 4.78 is 7.98. The monoisotopic (exact) mass is 309 g/mol. The molecule has 4 nitrogen and oxygen atoms in total. The second-order valence-corrected chi connectivity index (χ2v) is 5.58. The summed E-state index contributed by atoms with van der Waals surface area (Å²) in [6, 6.07) is 18.0. The van der Waals surface area contributed by atoms with Crippen LogP contribution in [0.3, 0.4) is 0 Å². The molecule has 3 aromatic rings. The van der Waals surface area contributed by atoms with Crippen molar-refractivity contribution in [2.45, 2.75) is 19.4 Å². The first kappa shape index (κ1) is 15.2. The number of ether oxygens (including phenoxy) is 1. The summed E-state index contributed by atoms with van der Waals surface area (Å²) in [5.74, 6) is 0.00966. The smallest absolute Gasteiger partial charge is 0.303 e. The van der Waals surface area contributed by atoms with Gasteiger partial charge in [-0.1, -0.05) is 30.3 Å². The van der Waals surface area contributed by atoms with Gasteiger partial charge in [0.1, 0.15) is 12.4 Å². The van der Waals surface area contributed by atoms with Crippen molar-refractivity contribution in [3.05, 3.63) is 65.9 Å². The topological polar surface area (TPSA) is 51.5 Å². The van der Waals surface area contributed by atoms with Crippen molar-refractivity contribution >= 4 is 16.9 Å². The maximum absolute atomic E-state index is 10.6. The summed E-state index contributed by atoms with van der Waals surface area (Å²) in [5, 5.41) is 9.90. The van der Waals surface area contributed by atoms with Crippen LogP contribution in [0.15, 0.2) is 54.6 Å². The van der Waals surface area contributed by atoms with Crippen molar-refractivity contribution in [3.8, 4) is 5.75 Å². The van der Waals surface area contributed by atoms with Gasteiger partial charge in [0.2, 0.25) is 0 Å². The second kappa shape index (κ2) is 6.57. The standard InChI is InChI=1S/C19H19NO3/c1-20-16(12-15-4-2-3-5-18(15)20)13-23-17-9-6-14(7-10-17)8-11-19(21)22/h2-7,9-10,12H,8,11,13H2,1H3,(H,21,22). The number of aliphatic carboxylic acids is 1. The molecule has 23 heavy (non-hydrogen) atoms. The highest BCUT2D eigenvalue weighted by molar-refractivity contribution is 5.81. The lowest BCUT2D eigenvalue weighted by atomic mass is 10.1. The Morgan fingerprint density at radius 2 is 1.87 bits per heavy atom. The van der Waals surface area contributed by atoms with Crippen LogP contribution in [-0.2, 0) is 24.9 Å². The Hall–Kier alpha value is -2.75. The van der Waals surface area contributed by atoms with Crippen molar-refractivity contribution in [2.75, 3.05) is 0 Å². The minimum Gasteiger partial charge on any atom is -0.487 e. The van der Waals surface area contributed by atoms with E-state index in [4.69, 9.17) is 9.84 Å². The molecule has 0 spiro atoms. The number of aromatic nitrogens is 1. The van der Waals surface area contributed by atoms with Gasteiger partial charge in [0.05, 0.1) is 5.69 Å². The zero-order valence-electron chi connectivity index (χ0n) is 13.0. The fourth-order valence-corrected chi connectivity index (χ4v) is 2.65. The van der Waals surface area contributed by atoms with E-state index in [9.17, 15) is 4.79 Å². The second-order valence-electron chi connectivity index (χ2n) is 5.58. The zero-order chi connectivity index (χ0) is 16.2.